The van der Waals surface area contributed by atoms with Gasteiger partial charge in [-0.15, -0.1) is 0 Å². The molecule has 2 N–H and O–H groups in total. The predicted molar refractivity (Wildman–Crippen MR) is 87.8 cm³/mol. The number of benzene rings is 1. The number of H-pyrrole nitrogens is 1. The van der Waals surface area contributed by atoms with Crippen molar-refractivity contribution < 1.29 is 23.4 Å². The van der Waals surface area contributed by atoms with Crippen LogP contribution in [0.3, 0.4) is 0 Å². The maximum atomic E-state index is 12.5. The SMILES string of the molecule is COc1cc2[nH]cc(C(=O)NCc3ccco3)c2c(OC)c1OC. The number of hydrogen-bond donors (Lipinski definition) is 2. The van der Waals surface area contributed by atoms with Gasteiger partial charge >= 0.3 is 0 Å². The lowest BCUT2D eigenvalue weighted by Crippen LogP contribution is -2.22. The van der Waals surface area contributed by atoms with Gasteiger partial charge in [0.1, 0.15) is 5.76 Å². The summed E-state index contributed by atoms with van der Waals surface area (Å²) in [6, 6.07) is 5.33. The molecule has 0 aliphatic rings. The van der Waals surface area contributed by atoms with E-state index in [0.29, 0.717) is 46.0 Å². The monoisotopic (exact) mass is 330 g/mol. The van der Waals surface area contributed by atoms with E-state index in [9.17, 15) is 4.79 Å². The average Bonchev–Trinajstić information content (AvgIpc) is 3.27. The number of carbonyl (C=O) groups is 1. The zero-order valence-corrected chi connectivity index (χ0v) is 13.6. The van der Waals surface area contributed by atoms with E-state index >= 15 is 0 Å². The molecule has 3 aromatic rings. The van der Waals surface area contributed by atoms with Crippen molar-refractivity contribution in [3.8, 4) is 17.2 Å². The van der Waals surface area contributed by atoms with E-state index in [1.807, 2.05) is 0 Å². The van der Waals surface area contributed by atoms with Crippen molar-refractivity contribution in [3.05, 3.63) is 42.0 Å². The largest absolute Gasteiger partial charge is 0.493 e. The van der Waals surface area contributed by atoms with Crippen LogP contribution in [0.1, 0.15) is 16.1 Å². The number of amides is 1. The molecule has 7 heteroatoms. The Morgan fingerprint density at radius 3 is 2.62 bits per heavy atom. The van der Waals surface area contributed by atoms with Crippen molar-refractivity contribution in [1.82, 2.24) is 10.3 Å². The van der Waals surface area contributed by atoms with E-state index < -0.39 is 0 Å². The van der Waals surface area contributed by atoms with Crippen molar-refractivity contribution in [2.45, 2.75) is 6.54 Å². The summed E-state index contributed by atoms with van der Waals surface area (Å²) in [4.78, 5) is 15.6. The fraction of sp³-hybridized carbons (Fsp3) is 0.235. The van der Waals surface area contributed by atoms with E-state index in [-0.39, 0.29) is 5.91 Å². The number of ether oxygens (including phenoxy) is 3. The van der Waals surface area contributed by atoms with E-state index in [0.717, 1.165) is 0 Å². The molecule has 0 saturated carbocycles. The number of fused-ring (bicyclic) bond motifs is 1. The number of hydrogen-bond acceptors (Lipinski definition) is 5. The third-order valence-electron chi connectivity index (χ3n) is 3.72. The van der Waals surface area contributed by atoms with Gasteiger partial charge in [0.15, 0.2) is 11.5 Å². The fourth-order valence-electron chi connectivity index (χ4n) is 2.61. The number of nitrogens with one attached hydrogen (secondary N) is 2. The van der Waals surface area contributed by atoms with Gasteiger partial charge in [-0.2, -0.15) is 0 Å². The van der Waals surface area contributed by atoms with Crippen LogP contribution < -0.4 is 19.5 Å². The molecule has 0 bridgehead atoms. The van der Waals surface area contributed by atoms with Gasteiger partial charge < -0.3 is 28.9 Å². The summed E-state index contributed by atoms with van der Waals surface area (Å²) in [6.45, 7) is 0.300. The minimum absolute atomic E-state index is 0.247. The van der Waals surface area contributed by atoms with Gasteiger partial charge in [-0.3, -0.25) is 4.79 Å². The number of methoxy groups -OCH3 is 3. The molecule has 126 valence electrons. The van der Waals surface area contributed by atoms with E-state index in [2.05, 4.69) is 10.3 Å². The minimum Gasteiger partial charge on any atom is -0.493 e. The fourth-order valence-corrected chi connectivity index (χ4v) is 2.61. The molecule has 0 radical (unpaired) electrons. The van der Waals surface area contributed by atoms with Crippen molar-refractivity contribution in [3.63, 3.8) is 0 Å². The highest BCUT2D eigenvalue weighted by Crippen LogP contribution is 2.44. The average molecular weight is 330 g/mol. The maximum absolute atomic E-state index is 12.5. The first-order valence-electron chi connectivity index (χ1n) is 7.30. The van der Waals surface area contributed by atoms with Crippen molar-refractivity contribution >= 4 is 16.8 Å². The lowest BCUT2D eigenvalue weighted by Gasteiger charge is -2.13. The summed E-state index contributed by atoms with van der Waals surface area (Å²) in [5.74, 6) is 1.83. The van der Waals surface area contributed by atoms with Crippen LogP contribution in [0.5, 0.6) is 17.2 Å². The molecule has 2 aromatic heterocycles. The molecule has 2 heterocycles. The topological polar surface area (TPSA) is 85.7 Å². The molecular formula is C17H18N2O5. The van der Waals surface area contributed by atoms with Crippen LogP contribution in [0, 0.1) is 0 Å². The van der Waals surface area contributed by atoms with Crippen molar-refractivity contribution in [2.75, 3.05) is 21.3 Å². The number of aromatic nitrogens is 1. The molecule has 0 unspecified atom stereocenters. The summed E-state index contributed by atoms with van der Waals surface area (Å²) in [7, 11) is 4.59. The van der Waals surface area contributed by atoms with Crippen LogP contribution >= 0.6 is 0 Å². The Balaban J connectivity index is 2.00. The summed E-state index contributed by atoms with van der Waals surface area (Å²) < 4.78 is 21.4. The molecule has 0 spiro atoms. The standard InChI is InChI=1S/C17H18N2O5/c1-21-13-7-12-14(16(23-3)15(13)22-2)11(9-18-12)17(20)19-8-10-5-4-6-24-10/h4-7,9,18H,8H2,1-3H3,(H,19,20). The first-order valence-corrected chi connectivity index (χ1v) is 7.30. The van der Waals surface area contributed by atoms with Gasteiger partial charge in [-0.05, 0) is 12.1 Å². The summed E-state index contributed by atoms with van der Waals surface area (Å²) in [5, 5.41) is 3.45. The van der Waals surface area contributed by atoms with Gasteiger partial charge in [-0.25, -0.2) is 0 Å². The molecule has 0 atom stereocenters. The summed E-state index contributed by atoms with van der Waals surface area (Å²) >= 11 is 0. The number of aromatic amines is 1. The Morgan fingerprint density at radius 1 is 1.21 bits per heavy atom. The molecule has 0 saturated heterocycles. The molecule has 3 rings (SSSR count). The highest BCUT2D eigenvalue weighted by molar-refractivity contribution is 6.10. The summed E-state index contributed by atoms with van der Waals surface area (Å²) in [6.07, 6.45) is 3.19. The van der Waals surface area contributed by atoms with Gasteiger partial charge in [0.2, 0.25) is 5.75 Å². The highest BCUT2D eigenvalue weighted by Gasteiger charge is 2.22. The zero-order chi connectivity index (χ0) is 17.1. The Labute approximate surface area is 138 Å². The third kappa shape index (κ3) is 2.64. The van der Waals surface area contributed by atoms with Gasteiger partial charge in [0.05, 0.1) is 50.6 Å². The lowest BCUT2D eigenvalue weighted by atomic mass is 10.1. The second-order valence-corrected chi connectivity index (χ2v) is 5.03. The minimum atomic E-state index is -0.247. The molecule has 0 aliphatic carbocycles. The quantitative estimate of drug-likeness (QED) is 0.726. The van der Waals surface area contributed by atoms with Gasteiger partial charge in [0, 0.05) is 12.3 Å². The number of rotatable bonds is 6. The number of carbonyl (C=O) groups excluding carboxylic acids is 1. The first kappa shape index (κ1) is 15.8. The molecule has 24 heavy (non-hydrogen) atoms. The summed E-state index contributed by atoms with van der Waals surface area (Å²) in [5.41, 5.74) is 1.17. The Bertz CT molecular complexity index is 852. The predicted octanol–water partition coefficient (Wildman–Crippen LogP) is 2.72. The smallest absolute Gasteiger partial charge is 0.253 e. The van der Waals surface area contributed by atoms with Crippen LogP contribution in [0.2, 0.25) is 0 Å². The Hall–Kier alpha value is -3.09. The van der Waals surface area contributed by atoms with Crippen LogP contribution in [-0.4, -0.2) is 32.2 Å². The van der Waals surface area contributed by atoms with Crippen LogP contribution in [-0.2, 0) is 6.54 Å². The van der Waals surface area contributed by atoms with E-state index in [4.69, 9.17) is 18.6 Å². The van der Waals surface area contributed by atoms with E-state index in [1.165, 1.54) is 14.2 Å². The third-order valence-corrected chi connectivity index (χ3v) is 3.72. The van der Waals surface area contributed by atoms with Gasteiger partial charge in [0.25, 0.3) is 5.91 Å². The second kappa shape index (κ2) is 6.57. The van der Waals surface area contributed by atoms with E-state index in [1.54, 1.807) is 37.8 Å². The van der Waals surface area contributed by atoms with Crippen molar-refractivity contribution in [1.29, 1.82) is 0 Å². The zero-order valence-electron chi connectivity index (χ0n) is 13.6. The van der Waals surface area contributed by atoms with Crippen LogP contribution in [0.4, 0.5) is 0 Å². The normalized spacial score (nSPS) is 10.6. The van der Waals surface area contributed by atoms with Crippen LogP contribution in [0.25, 0.3) is 10.9 Å². The van der Waals surface area contributed by atoms with Gasteiger partial charge in [-0.1, -0.05) is 0 Å². The molecule has 0 aliphatic heterocycles. The molecule has 7 nitrogen and oxygen atoms in total. The molecular weight excluding hydrogens is 312 g/mol. The highest BCUT2D eigenvalue weighted by atomic mass is 16.5. The van der Waals surface area contributed by atoms with Crippen molar-refractivity contribution in [2.24, 2.45) is 0 Å². The molecule has 1 aromatic carbocycles. The first-order chi connectivity index (χ1) is 11.7. The molecule has 0 fully saturated rings. The molecule has 1 amide bonds. The Kier molecular flexibility index (Phi) is 4.33. The Morgan fingerprint density at radius 2 is 2.00 bits per heavy atom. The van der Waals surface area contributed by atoms with Crippen LogP contribution in [0.15, 0.2) is 35.1 Å². The second-order valence-electron chi connectivity index (χ2n) is 5.03. The lowest BCUT2D eigenvalue weighted by molar-refractivity contribution is 0.0949. The number of furan rings is 1. The maximum Gasteiger partial charge on any atom is 0.253 e.